The normalized spacial score (nSPS) is 10.2. The topological polar surface area (TPSA) is 63.1 Å². The van der Waals surface area contributed by atoms with Crippen LogP contribution in [-0.4, -0.2) is 21.0 Å². The molecule has 0 saturated heterocycles. The lowest BCUT2D eigenvalue weighted by Gasteiger charge is -2.02. The largest absolute Gasteiger partial charge is 0.476 e. The average Bonchev–Trinajstić information content (AvgIpc) is 2.04. The monoisotopic (exact) mass is 166 g/mol. The SMILES string of the molecule is CC(C)c1cncc(C(=O)O)n1. The molecule has 0 bridgehead atoms. The van der Waals surface area contributed by atoms with E-state index in [1.54, 1.807) is 6.20 Å². The van der Waals surface area contributed by atoms with E-state index < -0.39 is 5.97 Å². The van der Waals surface area contributed by atoms with E-state index in [4.69, 9.17) is 5.11 Å². The molecule has 64 valence electrons. The Hall–Kier alpha value is -1.45. The van der Waals surface area contributed by atoms with Crippen LogP contribution in [0.25, 0.3) is 0 Å². The summed E-state index contributed by atoms with van der Waals surface area (Å²) in [7, 11) is 0. The molecule has 4 heteroatoms. The Morgan fingerprint density at radius 1 is 1.50 bits per heavy atom. The van der Waals surface area contributed by atoms with E-state index in [1.165, 1.54) is 6.20 Å². The molecular formula is C8H10N2O2. The van der Waals surface area contributed by atoms with Gasteiger partial charge in [0.15, 0.2) is 5.69 Å². The lowest BCUT2D eigenvalue weighted by atomic mass is 10.1. The summed E-state index contributed by atoms with van der Waals surface area (Å²) in [6, 6.07) is 0. The lowest BCUT2D eigenvalue weighted by molar-refractivity contribution is 0.0689. The van der Waals surface area contributed by atoms with E-state index in [9.17, 15) is 4.79 Å². The molecule has 0 atom stereocenters. The smallest absolute Gasteiger partial charge is 0.356 e. The van der Waals surface area contributed by atoms with Gasteiger partial charge in [0.05, 0.1) is 11.9 Å². The van der Waals surface area contributed by atoms with Crippen LogP contribution >= 0.6 is 0 Å². The Kier molecular flexibility index (Phi) is 2.38. The van der Waals surface area contributed by atoms with Crippen molar-refractivity contribution in [3.05, 3.63) is 23.8 Å². The first-order valence-electron chi connectivity index (χ1n) is 3.66. The van der Waals surface area contributed by atoms with Gasteiger partial charge in [-0.1, -0.05) is 13.8 Å². The number of carboxylic acid groups (broad SMARTS) is 1. The number of aromatic carboxylic acids is 1. The number of hydrogen-bond acceptors (Lipinski definition) is 3. The zero-order chi connectivity index (χ0) is 9.14. The van der Waals surface area contributed by atoms with Crippen molar-refractivity contribution in [1.29, 1.82) is 0 Å². The molecule has 0 aliphatic heterocycles. The summed E-state index contributed by atoms with van der Waals surface area (Å²) in [4.78, 5) is 18.2. The van der Waals surface area contributed by atoms with Crippen LogP contribution < -0.4 is 0 Å². The zero-order valence-electron chi connectivity index (χ0n) is 6.98. The number of nitrogens with zero attached hydrogens (tertiary/aromatic N) is 2. The van der Waals surface area contributed by atoms with Gasteiger partial charge < -0.3 is 5.11 Å². The van der Waals surface area contributed by atoms with E-state index in [1.807, 2.05) is 13.8 Å². The Bertz CT molecular complexity index is 297. The Morgan fingerprint density at radius 3 is 2.67 bits per heavy atom. The minimum absolute atomic E-state index is 0.00111. The highest BCUT2D eigenvalue weighted by Gasteiger charge is 2.07. The van der Waals surface area contributed by atoms with Crippen molar-refractivity contribution in [3.63, 3.8) is 0 Å². The van der Waals surface area contributed by atoms with Crippen LogP contribution in [0.2, 0.25) is 0 Å². The molecular weight excluding hydrogens is 156 g/mol. The Labute approximate surface area is 70.3 Å². The van der Waals surface area contributed by atoms with Gasteiger partial charge in [0.25, 0.3) is 0 Å². The van der Waals surface area contributed by atoms with Crippen molar-refractivity contribution in [2.45, 2.75) is 19.8 Å². The molecule has 12 heavy (non-hydrogen) atoms. The molecule has 0 aliphatic carbocycles. The maximum atomic E-state index is 10.5. The second kappa shape index (κ2) is 3.30. The second-order valence-electron chi connectivity index (χ2n) is 2.79. The number of hydrogen-bond donors (Lipinski definition) is 1. The van der Waals surface area contributed by atoms with Gasteiger partial charge in [-0.15, -0.1) is 0 Å². The van der Waals surface area contributed by atoms with Crippen LogP contribution in [0.1, 0.15) is 35.9 Å². The molecule has 0 unspecified atom stereocenters. The highest BCUT2D eigenvalue weighted by molar-refractivity contribution is 5.84. The standard InChI is InChI=1S/C8H10N2O2/c1-5(2)6-3-9-4-7(10-6)8(11)12/h3-5H,1-2H3,(H,11,12). The molecule has 1 aromatic rings. The molecule has 1 aromatic heterocycles. The maximum Gasteiger partial charge on any atom is 0.356 e. The van der Waals surface area contributed by atoms with Crippen molar-refractivity contribution < 1.29 is 9.90 Å². The fourth-order valence-corrected chi connectivity index (χ4v) is 0.762. The highest BCUT2D eigenvalue weighted by Crippen LogP contribution is 2.09. The van der Waals surface area contributed by atoms with Crippen molar-refractivity contribution in [3.8, 4) is 0 Å². The number of rotatable bonds is 2. The van der Waals surface area contributed by atoms with E-state index in [2.05, 4.69) is 9.97 Å². The van der Waals surface area contributed by atoms with Gasteiger partial charge in [-0.25, -0.2) is 9.78 Å². The van der Waals surface area contributed by atoms with Gasteiger partial charge >= 0.3 is 5.97 Å². The van der Waals surface area contributed by atoms with Crippen LogP contribution in [0.15, 0.2) is 12.4 Å². The third kappa shape index (κ3) is 1.78. The lowest BCUT2D eigenvalue weighted by Crippen LogP contribution is -2.04. The molecule has 0 saturated carbocycles. The zero-order valence-corrected chi connectivity index (χ0v) is 6.98. The summed E-state index contributed by atoms with van der Waals surface area (Å²) in [5.41, 5.74) is 0.705. The number of carboxylic acids is 1. The quantitative estimate of drug-likeness (QED) is 0.719. The predicted octanol–water partition coefficient (Wildman–Crippen LogP) is 1.30. The third-order valence-electron chi connectivity index (χ3n) is 1.46. The van der Waals surface area contributed by atoms with Gasteiger partial charge in [0.2, 0.25) is 0 Å². The summed E-state index contributed by atoms with van der Waals surface area (Å²) in [6.07, 6.45) is 2.82. The molecule has 0 spiro atoms. The summed E-state index contributed by atoms with van der Waals surface area (Å²) in [6.45, 7) is 3.88. The molecule has 0 amide bonds. The van der Waals surface area contributed by atoms with E-state index in [0.717, 1.165) is 0 Å². The van der Waals surface area contributed by atoms with Gasteiger partial charge in [0, 0.05) is 6.20 Å². The van der Waals surface area contributed by atoms with E-state index in [-0.39, 0.29) is 11.6 Å². The van der Waals surface area contributed by atoms with Crippen LogP contribution in [0, 0.1) is 0 Å². The molecule has 0 aliphatic rings. The second-order valence-corrected chi connectivity index (χ2v) is 2.79. The Balaban J connectivity index is 3.04. The fourth-order valence-electron chi connectivity index (χ4n) is 0.762. The van der Waals surface area contributed by atoms with Crippen molar-refractivity contribution in [2.75, 3.05) is 0 Å². The minimum Gasteiger partial charge on any atom is -0.476 e. The van der Waals surface area contributed by atoms with Crippen molar-refractivity contribution in [2.24, 2.45) is 0 Å². The predicted molar refractivity (Wildman–Crippen MR) is 43.1 cm³/mol. The maximum absolute atomic E-state index is 10.5. The van der Waals surface area contributed by atoms with E-state index in [0.29, 0.717) is 5.69 Å². The first-order valence-corrected chi connectivity index (χ1v) is 3.66. The summed E-state index contributed by atoms with van der Waals surface area (Å²) < 4.78 is 0. The average molecular weight is 166 g/mol. The van der Waals surface area contributed by atoms with Crippen molar-refractivity contribution >= 4 is 5.97 Å². The van der Waals surface area contributed by atoms with Gasteiger partial charge in [0.1, 0.15) is 0 Å². The van der Waals surface area contributed by atoms with E-state index >= 15 is 0 Å². The minimum atomic E-state index is -1.04. The highest BCUT2D eigenvalue weighted by atomic mass is 16.4. The van der Waals surface area contributed by atoms with Gasteiger partial charge in [-0.3, -0.25) is 4.98 Å². The van der Waals surface area contributed by atoms with Crippen LogP contribution in [0.5, 0.6) is 0 Å². The van der Waals surface area contributed by atoms with Gasteiger partial charge in [-0.05, 0) is 5.92 Å². The Morgan fingerprint density at radius 2 is 2.17 bits per heavy atom. The molecule has 0 radical (unpaired) electrons. The molecule has 1 rings (SSSR count). The fraction of sp³-hybridized carbons (Fsp3) is 0.375. The number of carbonyl (C=O) groups is 1. The first kappa shape index (κ1) is 8.64. The molecule has 0 fully saturated rings. The molecule has 1 N–H and O–H groups in total. The molecule has 0 aromatic carbocycles. The van der Waals surface area contributed by atoms with Crippen LogP contribution in [0.3, 0.4) is 0 Å². The molecule has 1 heterocycles. The first-order chi connectivity index (χ1) is 5.61. The summed E-state index contributed by atoms with van der Waals surface area (Å²) in [5, 5.41) is 8.59. The van der Waals surface area contributed by atoms with Crippen molar-refractivity contribution in [1.82, 2.24) is 9.97 Å². The number of aromatic nitrogens is 2. The summed E-state index contributed by atoms with van der Waals surface area (Å²) in [5.74, 6) is -0.832. The van der Waals surface area contributed by atoms with Crippen LogP contribution in [-0.2, 0) is 0 Å². The van der Waals surface area contributed by atoms with Crippen LogP contribution in [0.4, 0.5) is 0 Å². The van der Waals surface area contributed by atoms with Gasteiger partial charge in [-0.2, -0.15) is 0 Å². The third-order valence-corrected chi connectivity index (χ3v) is 1.46. The molecule has 4 nitrogen and oxygen atoms in total. The summed E-state index contributed by atoms with van der Waals surface area (Å²) >= 11 is 0.